The Kier molecular flexibility index (Phi) is 3.52. The zero-order chi connectivity index (χ0) is 13.0. The molecule has 5 nitrogen and oxygen atoms in total. The Balaban J connectivity index is 1.94. The first-order chi connectivity index (χ1) is 8.66. The Morgan fingerprint density at radius 3 is 2.83 bits per heavy atom. The van der Waals surface area contributed by atoms with E-state index in [2.05, 4.69) is 5.32 Å². The summed E-state index contributed by atoms with van der Waals surface area (Å²) in [6.45, 7) is 0.694. The first-order valence-electron chi connectivity index (χ1n) is 5.56. The predicted molar refractivity (Wildman–Crippen MR) is 68.7 cm³/mol. The molecule has 4 N–H and O–H groups in total. The molecule has 94 valence electrons. The molecule has 1 heterocycles. The summed E-state index contributed by atoms with van der Waals surface area (Å²) < 4.78 is 5.20. The fourth-order valence-corrected chi connectivity index (χ4v) is 1.65. The summed E-state index contributed by atoms with van der Waals surface area (Å²) in [5, 5.41) is 12.0. The zero-order valence-electron chi connectivity index (χ0n) is 9.72. The van der Waals surface area contributed by atoms with Crippen molar-refractivity contribution in [3.8, 4) is 0 Å². The van der Waals surface area contributed by atoms with Crippen molar-refractivity contribution in [2.45, 2.75) is 6.42 Å². The topological polar surface area (TPSA) is 88.5 Å². The lowest BCUT2D eigenvalue weighted by Gasteiger charge is -2.07. The molecule has 2 aromatic rings. The first-order valence-corrected chi connectivity index (χ1v) is 5.56. The Hall–Kier alpha value is -2.43. The number of furan rings is 1. The van der Waals surface area contributed by atoms with Crippen LogP contribution in [0.2, 0.25) is 0 Å². The number of nitrogen functional groups attached to an aromatic ring is 1. The van der Waals surface area contributed by atoms with Gasteiger partial charge in [-0.15, -0.1) is 0 Å². The van der Waals surface area contributed by atoms with Crippen molar-refractivity contribution < 1.29 is 14.3 Å². The molecule has 2 rings (SSSR count). The van der Waals surface area contributed by atoms with E-state index in [1.165, 1.54) is 6.07 Å². The predicted octanol–water partition coefficient (Wildman–Crippen LogP) is 2.21. The van der Waals surface area contributed by atoms with E-state index in [1.807, 2.05) is 12.1 Å². The molecule has 0 atom stereocenters. The summed E-state index contributed by atoms with van der Waals surface area (Å²) in [4.78, 5) is 10.8. The average Bonchev–Trinajstić information content (AvgIpc) is 2.81. The molecule has 0 spiro atoms. The third kappa shape index (κ3) is 2.82. The molecule has 0 amide bonds. The van der Waals surface area contributed by atoms with Crippen LogP contribution >= 0.6 is 0 Å². The lowest BCUT2D eigenvalue weighted by atomic mass is 10.1. The van der Waals surface area contributed by atoms with Crippen molar-refractivity contribution in [2.75, 3.05) is 17.6 Å². The van der Waals surface area contributed by atoms with Crippen LogP contribution < -0.4 is 11.1 Å². The van der Waals surface area contributed by atoms with Gasteiger partial charge in [0.2, 0.25) is 0 Å². The van der Waals surface area contributed by atoms with E-state index in [0.717, 1.165) is 17.9 Å². The van der Waals surface area contributed by atoms with Crippen molar-refractivity contribution in [1.82, 2.24) is 0 Å². The quantitative estimate of drug-likeness (QED) is 0.704. The van der Waals surface area contributed by atoms with Gasteiger partial charge in [0.1, 0.15) is 5.76 Å². The van der Waals surface area contributed by atoms with Crippen LogP contribution in [0.5, 0.6) is 0 Å². The van der Waals surface area contributed by atoms with Crippen molar-refractivity contribution in [1.29, 1.82) is 0 Å². The second-order valence-corrected chi connectivity index (χ2v) is 3.86. The standard InChI is InChI=1S/C13H14N2O3/c14-12-8-9(3-4-11(12)13(16)17)15-6-5-10-2-1-7-18-10/h1-4,7-8,15H,5-6,14H2,(H,16,17). The van der Waals surface area contributed by atoms with Crippen molar-refractivity contribution >= 4 is 17.3 Å². The molecule has 0 saturated carbocycles. The first kappa shape index (κ1) is 12.0. The van der Waals surface area contributed by atoms with E-state index in [1.54, 1.807) is 18.4 Å². The SMILES string of the molecule is Nc1cc(NCCc2ccco2)ccc1C(=O)O. The molecule has 0 aliphatic carbocycles. The number of carbonyl (C=O) groups is 1. The van der Waals surface area contributed by atoms with Gasteiger partial charge < -0.3 is 20.6 Å². The number of rotatable bonds is 5. The molecule has 5 heteroatoms. The molecule has 0 unspecified atom stereocenters. The molecule has 0 radical (unpaired) electrons. The number of hydrogen-bond acceptors (Lipinski definition) is 4. The van der Waals surface area contributed by atoms with Crippen LogP contribution in [0.3, 0.4) is 0 Å². The summed E-state index contributed by atoms with van der Waals surface area (Å²) in [6.07, 6.45) is 2.39. The smallest absolute Gasteiger partial charge is 0.337 e. The Bertz CT molecular complexity index is 535. The number of hydrogen-bond donors (Lipinski definition) is 3. The van der Waals surface area contributed by atoms with Crippen molar-refractivity contribution in [3.63, 3.8) is 0 Å². The summed E-state index contributed by atoms with van der Waals surface area (Å²) in [5.41, 5.74) is 6.82. The highest BCUT2D eigenvalue weighted by atomic mass is 16.4. The summed E-state index contributed by atoms with van der Waals surface area (Å²) in [6, 6.07) is 8.55. The Morgan fingerprint density at radius 2 is 2.22 bits per heavy atom. The molecular weight excluding hydrogens is 232 g/mol. The second-order valence-electron chi connectivity index (χ2n) is 3.86. The van der Waals surface area contributed by atoms with Gasteiger partial charge in [-0.1, -0.05) is 0 Å². The van der Waals surface area contributed by atoms with Crippen molar-refractivity contribution in [2.24, 2.45) is 0 Å². The number of benzene rings is 1. The van der Waals surface area contributed by atoms with Crippen molar-refractivity contribution in [3.05, 3.63) is 47.9 Å². The highest BCUT2D eigenvalue weighted by Crippen LogP contribution is 2.18. The maximum absolute atomic E-state index is 10.8. The molecule has 0 fully saturated rings. The zero-order valence-corrected chi connectivity index (χ0v) is 9.72. The summed E-state index contributed by atoms with van der Waals surface area (Å²) in [5.74, 6) is -0.118. The number of aromatic carboxylic acids is 1. The maximum atomic E-state index is 10.8. The van der Waals surface area contributed by atoms with Crippen LogP contribution in [-0.2, 0) is 6.42 Å². The van der Waals surface area contributed by atoms with Crippen LogP contribution in [0.4, 0.5) is 11.4 Å². The molecule has 1 aromatic carbocycles. The van der Waals surface area contributed by atoms with Gasteiger partial charge in [0.25, 0.3) is 0 Å². The Morgan fingerprint density at radius 1 is 1.39 bits per heavy atom. The molecular formula is C13H14N2O3. The number of nitrogens with two attached hydrogens (primary N) is 1. The third-order valence-electron chi connectivity index (χ3n) is 2.56. The fourth-order valence-electron chi connectivity index (χ4n) is 1.65. The van der Waals surface area contributed by atoms with Gasteiger partial charge in [0, 0.05) is 24.3 Å². The lowest BCUT2D eigenvalue weighted by molar-refractivity contribution is 0.0698. The van der Waals surface area contributed by atoms with Crippen LogP contribution in [0.1, 0.15) is 16.1 Å². The normalized spacial score (nSPS) is 10.2. The lowest BCUT2D eigenvalue weighted by Crippen LogP contribution is -2.07. The van der Waals surface area contributed by atoms with Gasteiger partial charge in [0.15, 0.2) is 0 Å². The van der Waals surface area contributed by atoms with Crippen LogP contribution in [0.15, 0.2) is 41.0 Å². The van der Waals surface area contributed by atoms with Gasteiger partial charge in [-0.25, -0.2) is 4.79 Å². The average molecular weight is 246 g/mol. The minimum absolute atomic E-state index is 0.117. The van der Waals surface area contributed by atoms with E-state index >= 15 is 0 Å². The fraction of sp³-hybridized carbons (Fsp3) is 0.154. The van der Waals surface area contributed by atoms with E-state index in [-0.39, 0.29) is 11.3 Å². The van der Waals surface area contributed by atoms with Gasteiger partial charge >= 0.3 is 5.97 Å². The van der Waals surface area contributed by atoms with Gasteiger partial charge in [-0.3, -0.25) is 0 Å². The van der Waals surface area contributed by atoms with E-state index < -0.39 is 5.97 Å². The van der Waals surface area contributed by atoms with Gasteiger partial charge in [0.05, 0.1) is 11.8 Å². The second kappa shape index (κ2) is 5.27. The van der Waals surface area contributed by atoms with E-state index in [4.69, 9.17) is 15.3 Å². The number of anilines is 2. The number of nitrogens with one attached hydrogen (secondary N) is 1. The molecule has 1 aromatic heterocycles. The maximum Gasteiger partial charge on any atom is 0.337 e. The highest BCUT2D eigenvalue weighted by molar-refractivity contribution is 5.94. The highest BCUT2D eigenvalue weighted by Gasteiger charge is 2.07. The number of carboxylic acids is 1. The molecule has 0 bridgehead atoms. The van der Waals surface area contributed by atoms with Crippen LogP contribution in [-0.4, -0.2) is 17.6 Å². The molecule has 0 aliphatic heterocycles. The van der Waals surface area contributed by atoms with E-state index in [9.17, 15) is 4.79 Å². The summed E-state index contributed by atoms with van der Waals surface area (Å²) in [7, 11) is 0. The molecule has 0 aliphatic rings. The summed E-state index contributed by atoms with van der Waals surface area (Å²) >= 11 is 0. The monoisotopic (exact) mass is 246 g/mol. The van der Waals surface area contributed by atoms with E-state index in [0.29, 0.717) is 6.54 Å². The molecule has 18 heavy (non-hydrogen) atoms. The largest absolute Gasteiger partial charge is 0.478 e. The van der Waals surface area contributed by atoms with Crippen LogP contribution in [0, 0.1) is 0 Å². The minimum atomic E-state index is -1.02. The number of carboxylic acid groups (broad SMARTS) is 1. The van der Waals surface area contributed by atoms with Crippen LogP contribution in [0.25, 0.3) is 0 Å². The van der Waals surface area contributed by atoms with Gasteiger partial charge in [-0.05, 0) is 30.3 Å². The van der Waals surface area contributed by atoms with Gasteiger partial charge in [-0.2, -0.15) is 0 Å². The Labute approximate surface area is 104 Å². The third-order valence-corrected chi connectivity index (χ3v) is 2.56. The minimum Gasteiger partial charge on any atom is -0.478 e. The molecule has 0 saturated heterocycles.